The summed E-state index contributed by atoms with van der Waals surface area (Å²) >= 11 is -0.726. The Morgan fingerprint density at radius 3 is 2.72 bits per heavy atom. The van der Waals surface area contributed by atoms with Gasteiger partial charge in [0.2, 0.25) is 0 Å². The van der Waals surface area contributed by atoms with Crippen LogP contribution in [-0.2, 0) is 17.6 Å². The van der Waals surface area contributed by atoms with Gasteiger partial charge in [0, 0.05) is 17.5 Å². The second-order valence-electron chi connectivity index (χ2n) is 7.57. The Hall–Kier alpha value is -1.17. The maximum atomic E-state index is 11.3. The van der Waals surface area contributed by atoms with E-state index < -0.39 is 11.2 Å². The normalized spacial score (nSPS) is 23.5. The Kier molecular flexibility index (Phi) is 6.31. The molecule has 136 valence electrons. The lowest BCUT2D eigenvalue weighted by molar-refractivity contribution is 0.279. The first kappa shape index (κ1) is 18.6. The van der Waals surface area contributed by atoms with E-state index in [0.717, 1.165) is 17.7 Å². The predicted molar refractivity (Wildman–Crippen MR) is 105 cm³/mol. The van der Waals surface area contributed by atoms with Gasteiger partial charge in [0.25, 0.3) is 0 Å². The van der Waals surface area contributed by atoms with Gasteiger partial charge in [-0.3, -0.25) is 0 Å². The molecule has 1 fully saturated rings. The average Bonchev–Trinajstić information content (AvgIpc) is 2.56. The lowest BCUT2D eigenvalue weighted by Crippen LogP contribution is -2.42. The summed E-state index contributed by atoms with van der Waals surface area (Å²) in [5, 5.41) is 4.86. The van der Waals surface area contributed by atoms with Gasteiger partial charge in [-0.15, -0.1) is 0 Å². The van der Waals surface area contributed by atoms with E-state index in [9.17, 15) is 4.55 Å². The van der Waals surface area contributed by atoms with Crippen LogP contribution < -0.4 is 5.32 Å². The van der Waals surface area contributed by atoms with Gasteiger partial charge < -0.3 is 9.87 Å². The van der Waals surface area contributed by atoms with Crippen molar-refractivity contribution in [3.05, 3.63) is 35.8 Å². The molecule has 0 aliphatic heterocycles. The molecule has 3 rings (SSSR count). The summed E-state index contributed by atoms with van der Waals surface area (Å²) in [6.45, 7) is 4.26. The van der Waals surface area contributed by atoms with E-state index in [1.165, 1.54) is 42.3 Å². The Bertz CT molecular complexity index is 698. The zero-order chi connectivity index (χ0) is 17.8. The molecule has 2 atom stereocenters. The van der Waals surface area contributed by atoms with Crippen molar-refractivity contribution < 1.29 is 4.55 Å². The minimum Gasteiger partial charge on any atom is -0.617 e. The number of hydrogen-bond acceptors (Lipinski definition) is 4. The van der Waals surface area contributed by atoms with Crippen molar-refractivity contribution in [1.82, 2.24) is 15.3 Å². The van der Waals surface area contributed by atoms with Gasteiger partial charge in [0.15, 0.2) is 0 Å². The standard InChI is InChI=1S/C20H29N3OS/c1-14-4-9-19-18(10-14)20(22-13-21-19)11-16-5-7-17(8-6-16)23-15(2)12-25(3)24/h4,9-10,13,15-17,23H,5-8,11-12H2,1-3H3/t15?,16-,17-,25?. The van der Waals surface area contributed by atoms with Crippen molar-refractivity contribution >= 4 is 22.1 Å². The van der Waals surface area contributed by atoms with Crippen LogP contribution in [0.5, 0.6) is 0 Å². The topological polar surface area (TPSA) is 60.9 Å². The highest BCUT2D eigenvalue weighted by molar-refractivity contribution is 7.90. The van der Waals surface area contributed by atoms with Crippen LogP contribution in [-0.4, -0.2) is 38.6 Å². The van der Waals surface area contributed by atoms with Gasteiger partial charge in [0.1, 0.15) is 12.1 Å². The van der Waals surface area contributed by atoms with E-state index in [2.05, 4.69) is 47.3 Å². The summed E-state index contributed by atoms with van der Waals surface area (Å²) in [6, 6.07) is 7.32. The van der Waals surface area contributed by atoms with Crippen molar-refractivity contribution in [2.45, 2.75) is 58.0 Å². The summed E-state index contributed by atoms with van der Waals surface area (Å²) in [5.41, 5.74) is 3.51. The first-order chi connectivity index (χ1) is 12.0. The molecule has 5 heteroatoms. The second-order valence-corrected chi connectivity index (χ2v) is 9.05. The molecule has 4 nitrogen and oxygen atoms in total. The maximum absolute atomic E-state index is 11.3. The Balaban J connectivity index is 1.57. The van der Waals surface area contributed by atoms with E-state index in [-0.39, 0.29) is 0 Å². The van der Waals surface area contributed by atoms with E-state index in [4.69, 9.17) is 0 Å². The first-order valence-corrected chi connectivity index (χ1v) is 11.0. The van der Waals surface area contributed by atoms with Crippen LogP contribution in [0.3, 0.4) is 0 Å². The predicted octanol–water partition coefficient (Wildman–Crippen LogP) is 3.40. The Labute approximate surface area is 154 Å². The fraction of sp³-hybridized carbons (Fsp3) is 0.600. The SMILES string of the molecule is Cc1ccc2ncnc(C[C@H]3CC[C@H](NC(C)C[S+](C)[O-])CC3)c2c1. The molecule has 25 heavy (non-hydrogen) atoms. The first-order valence-electron chi connectivity index (χ1n) is 9.27. The van der Waals surface area contributed by atoms with Gasteiger partial charge in [-0.05, 0) is 64.0 Å². The van der Waals surface area contributed by atoms with Crippen LogP contribution in [0.1, 0.15) is 43.9 Å². The molecule has 2 aromatic rings. The minimum absolute atomic E-state index is 0.334. The molecule has 1 aromatic carbocycles. The van der Waals surface area contributed by atoms with Gasteiger partial charge in [-0.2, -0.15) is 0 Å². The summed E-state index contributed by atoms with van der Waals surface area (Å²) in [6.07, 6.45) is 9.40. The molecule has 1 heterocycles. The van der Waals surface area contributed by atoms with Crippen molar-refractivity contribution in [1.29, 1.82) is 0 Å². The number of hydrogen-bond donors (Lipinski definition) is 1. The molecule has 0 spiro atoms. The fourth-order valence-corrected chi connectivity index (χ4v) is 4.80. The lowest BCUT2D eigenvalue weighted by atomic mass is 9.82. The molecule has 1 aliphatic rings. The molecule has 1 N–H and O–H groups in total. The monoisotopic (exact) mass is 359 g/mol. The smallest absolute Gasteiger partial charge is 0.120 e. The average molecular weight is 360 g/mol. The van der Waals surface area contributed by atoms with Crippen LogP contribution in [0.4, 0.5) is 0 Å². The summed E-state index contributed by atoms with van der Waals surface area (Å²) in [5.74, 6) is 1.44. The number of rotatable bonds is 6. The van der Waals surface area contributed by atoms with E-state index >= 15 is 0 Å². The van der Waals surface area contributed by atoms with Gasteiger partial charge >= 0.3 is 0 Å². The Morgan fingerprint density at radius 1 is 1.24 bits per heavy atom. The molecule has 1 saturated carbocycles. The van der Waals surface area contributed by atoms with Gasteiger partial charge in [-0.1, -0.05) is 22.8 Å². The third-order valence-corrected chi connectivity index (χ3v) is 6.18. The van der Waals surface area contributed by atoms with Crippen molar-refractivity contribution in [2.24, 2.45) is 5.92 Å². The van der Waals surface area contributed by atoms with Gasteiger partial charge in [-0.25, -0.2) is 9.97 Å². The number of aryl methyl sites for hydroxylation is 1. The highest BCUT2D eigenvalue weighted by atomic mass is 32.2. The summed E-state index contributed by atoms with van der Waals surface area (Å²) in [7, 11) is 0. The number of nitrogens with one attached hydrogen (secondary N) is 1. The molecule has 0 radical (unpaired) electrons. The molecule has 0 bridgehead atoms. The number of aromatic nitrogens is 2. The van der Waals surface area contributed by atoms with Crippen molar-refractivity contribution in [3.63, 3.8) is 0 Å². The van der Waals surface area contributed by atoms with Crippen LogP contribution in [0.15, 0.2) is 24.5 Å². The number of nitrogens with zero attached hydrogens (tertiary/aromatic N) is 2. The lowest BCUT2D eigenvalue weighted by Gasteiger charge is -2.31. The van der Waals surface area contributed by atoms with Crippen LogP contribution >= 0.6 is 0 Å². The number of fused-ring (bicyclic) bond motifs is 1. The van der Waals surface area contributed by atoms with Crippen LogP contribution in [0.2, 0.25) is 0 Å². The third kappa shape index (κ3) is 5.16. The van der Waals surface area contributed by atoms with Crippen molar-refractivity contribution in [2.75, 3.05) is 12.0 Å². The molecular formula is C20H29N3OS. The third-order valence-electron chi connectivity index (χ3n) is 5.21. The highest BCUT2D eigenvalue weighted by Gasteiger charge is 2.24. The molecule has 1 aliphatic carbocycles. The second kappa shape index (κ2) is 8.47. The quantitative estimate of drug-likeness (QED) is 0.803. The summed E-state index contributed by atoms with van der Waals surface area (Å²) in [4.78, 5) is 8.98. The van der Waals surface area contributed by atoms with Crippen LogP contribution in [0.25, 0.3) is 10.9 Å². The molecule has 2 unspecified atom stereocenters. The summed E-state index contributed by atoms with van der Waals surface area (Å²) < 4.78 is 11.3. The zero-order valence-corrected chi connectivity index (χ0v) is 16.3. The molecular weight excluding hydrogens is 330 g/mol. The minimum atomic E-state index is -0.726. The van der Waals surface area contributed by atoms with Gasteiger partial charge in [0.05, 0.1) is 17.5 Å². The molecule has 1 aromatic heterocycles. The molecule has 0 saturated heterocycles. The Morgan fingerprint density at radius 2 is 2.00 bits per heavy atom. The highest BCUT2D eigenvalue weighted by Crippen LogP contribution is 2.29. The van der Waals surface area contributed by atoms with E-state index in [1.54, 1.807) is 12.6 Å². The largest absolute Gasteiger partial charge is 0.617 e. The zero-order valence-electron chi connectivity index (χ0n) is 15.5. The maximum Gasteiger partial charge on any atom is 0.120 e. The fourth-order valence-electron chi connectivity index (χ4n) is 4.00. The number of benzene rings is 1. The molecule has 0 amide bonds. The van der Waals surface area contributed by atoms with E-state index in [1.807, 2.05) is 0 Å². The van der Waals surface area contributed by atoms with Crippen molar-refractivity contribution in [3.8, 4) is 0 Å². The van der Waals surface area contributed by atoms with Crippen LogP contribution in [0, 0.1) is 12.8 Å². The van der Waals surface area contributed by atoms with E-state index in [0.29, 0.717) is 18.0 Å².